The lowest BCUT2D eigenvalue weighted by molar-refractivity contribution is -0.130. The van der Waals surface area contributed by atoms with Gasteiger partial charge in [-0.2, -0.15) is 0 Å². The summed E-state index contributed by atoms with van der Waals surface area (Å²) < 4.78 is 22.8. The minimum atomic E-state index is -0.783. The zero-order valence-electron chi connectivity index (χ0n) is 21.8. The van der Waals surface area contributed by atoms with Crippen molar-refractivity contribution < 1.29 is 33.3 Å². The highest BCUT2D eigenvalue weighted by molar-refractivity contribution is 6.30. The Morgan fingerprint density at radius 2 is 1.35 bits per heavy atom. The average Bonchev–Trinajstić information content (AvgIpc) is 2.88. The van der Waals surface area contributed by atoms with Gasteiger partial charge < -0.3 is 18.9 Å². The minimum absolute atomic E-state index is 0.0442. The van der Waals surface area contributed by atoms with Crippen molar-refractivity contribution in [2.24, 2.45) is 0 Å². The molecule has 0 unspecified atom stereocenters. The van der Waals surface area contributed by atoms with Gasteiger partial charge in [0.25, 0.3) is 11.8 Å². The third kappa shape index (κ3) is 7.03. The lowest BCUT2D eigenvalue weighted by Crippen LogP contribution is -2.53. The Bertz CT molecular complexity index is 1160. The second-order valence-electron chi connectivity index (χ2n) is 8.26. The largest absolute Gasteiger partial charge is 0.490 e. The second kappa shape index (κ2) is 13.3. The van der Waals surface area contributed by atoms with Crippen LogP contribution in [0.15, 0.2) is 42.0 Å². The van der Waals surface area contributed by atoms with E-state index in [1.807, 2.05) is 27.7 Å². The summed E-state index contributed by atoms with van der Waals surface area (Å²) in [5, 5.41) is 2.26. The molecule has 1 aliphatic rings. The van der Waals surface area contributed by atoms with Crippen LogP contribution in [-0.4, -0.2) is 49.2 Å². The molecule has 0 aliphatic carbocycles. The quantitative estimate of drug-likeness (QED) is 0.307. The van der Waals surface area contributed by atoms with E-state index in [1.165, 1.54) is 6.08 Å². The van der Waals surface area contributed by atoms with Crippen molar-refractivity contribution in [3.63, 3.8) is 0 Å². The highest BCUT2D eigenvalue weighted by Crippen LogP contribution is 2.31. The van der Waals surface area contributed by atoms with E-state index in [4.69, 9.17) is 18.9 Å². The van der Waals surface area contributed by atoms with Gasteiger partial charge in [-0.05, 0) is 68.2 Å². The summed E-state index contributed by atoms with van der Waals surface area (Å²) in [7, 11) is 0. The molecule has 0 aromatic heterocycles. The molecule has 1 aliphatic heterocycles. The van der Waals surface area contributed by atoms with Crippen LogP contribution in [-0.2, 0) is 16.1 Å². The maximum atomic E-state index is 13.3. The summed E-state index contributed by atoms with van der Waals surface area (Å²) in [5.74, 6) is 0.762. The van der Waals surface area contributed by atoms with Gasteiger partial charge in [0.2, 0.25) is 0 Å². The zero-order chi connectivity index (χ0) is 26.8. The summed E-state index contributed by atoms with van der Waals surface area (Å²) in [4.78, 5) is 39.4. The molecule has 4 amide bonds. The monoisotopic (exact) mass is 510 g/mol. The Labute approximate surface area is 217 Å². The maximum absolute atomic E-state index is 13.3. The molecule has 0 bridgehead atoms. The van der Waals surface area contributed by atoms with Crippen molar-refractivity contribution in [1.29, 1.82) is 0 Å². The lowest BCUT2D eigenvalue weighted by atomic mass is 10.1. The summed E-state index contributed by atoms with van der Waals surface area (Å²) in [6.45, 7) is 9.63. The van der Waals surface area contributed by atoms with E-state index in [0.29, 0.717) is 60.6 Å². The van der Waals surface area contributed by atoms with Gasteiger partial charge in [0, 0.05) is 0 Å². The predicted octanol–water partition coefficient (Wildman–Crippen LogP) is 4.72. The van der Waals surface area contributed by atoms with Gasteiger partial charge in [-0.15, -0.1) is 0 Å². The maximum Gasteiger partial charge on any atom is 0.331 e. The molecule has 9 nitrogen and oxygen atoms in total. The molecule has 3 rings (SSSR count). The van der Waals surface area contributed by atoms with Crippen LogP contribution in [0.4, 0.5) is 4.79 Å². The number of nitrogens with one attached hydrogen (secondary N) is 1. The number of amides is 4. The molecule has 1 N–H and O–H groups in total. The van der Waals surface area contributed by atoms with Gasteiger partial charge in [-0.25, -0.2) is 4.79 Å². The summed E-state index contributed by atoms with van der Waals surface area (Å²) in [6.07, 6.45) is 3.13. The summed E-state index contributed by atoms with van der Waals surface area (Å²) >= 11 is 0. The lowest BCUT2D eigenvalue weighted by Gasteiger charge is -2.26. The Morgan fingerprint density at radius 3 is 1.95 bits per heavy atom. The van der Waals surface area contributed by atoms with Crippen molar-refractivity contribution in [1.82, 2.24) is 10.2 Å². The second-order valence-corrected chi connectivity index (χ2v) is 8.26. The first-order valence-electron chi connectivity index (χ1n) is 12.6. The number of rotatable bonds is 13. The number of nitrogens with zero attached hydrogens (tertiary/aromatic N) is 1. The molecule has 0 spiro atoms. The smallest absolute Gasteiger partial charge is 0.331 e. The fraction of sp³-hybridized carbons (Fsp3) is 0.393. The van der Waals surface area contributed by atoms with Crippen molar-refractivity contribution in [3.8, 4) is 23.0 Å². The van der Waals surface area contributed by atoms with E-state index in [0.717, 1.165) is 17.7 Å². The van der Waals surface area contributed by atoms with Crippen molar-refractivity contribution in [3.05, 3.63) is 53.1 Å². The van der Waals surface area contributed by atoms with E-state index in [1.54, 1.807) is 36.4 Å². The topological polar surface area (TPSA) is 103 Å². The normalized spacial score (nSPS) is 14.5. The number of carbonyl (C=O) groups is 3. The average molecular weight is 511 g/mol. The van der Waals surface area contributed by atoms with Crippen LogP contribution >= 0.6 is 0 Å². The van der Waals surface area contributed by atoms with E-state index in [-0.39, 0.29) is 12.1 Å². The Morgan fingerprint density at radius 1 is 0.757 bits per heavy atom. The fourth-order valence-electron chi connectivity index (χ4n) is 3.65. The molecule has 2 aromatic carbocycles. The Balaban J connectivity index is 1.87. The molecule has 9 heteroatoms. The molecule has 37 heavy (non-hydrogen) atoms. The molecule has 1 fully saturated rings. The number of ether oxygens (including phenoxy) is 4. The summed E-state index contributed by atoms with van der Waals surface area (Å²) in [5.41, 5.74) is 1.06. The standard InChI is InChI=1S/C28H34N2O7/c1-5-13-36-22-11-9-19(16-24(22)34-7-3)15-21-26(31)29-28(33)30(27(21)32)18-20-10-12-23(37-14-6-2)25(17-20)35-8-4/h9-12,15-17H,5-8,13-14,18H2,1-4H3,(H,29,31,33)/b21-15+. The minimum Gasteiger partial charge on any atom is -0.490 e. The van der Waals surface area contributed by atoms with Crippen LogP contribution < -0.4 is 24.3 Å². The molecule has 1 saturated heterocycles. The van der Waals surface area contributed by atoms with Crippen LogP contribution in [0.3, 0.4) is 0 Å². The number of urea groups is 1. The molecular weight excluding hydrogens is 476 g/mol. The van der Waals surface area contributed by atoms with Gasteiger partial charge >= 0.3 is 6.03 Å². The molecule has 0 saturated carbocycles. The Kier molecular flexibility index (Phi) is 9.94. The number of carbonyl (C=O) groups excluding carboxylic acids is 3. The molecule has 2 aromatic rings. The first-order chi connectivity index (χ1) is 17.9. The Hall–Kier alpha value is -4.01. The molecular formula is C28H34N2O7. The van der Waals surface area contributed by atoms with Gasteiger partial charge in [0.05, 0.1) is 33.0 Å². The zero-order valence-corrected chi connectivity index (χ0v) is 21.8. The summed E-state index contributed by atoms with van der Waals surface area (Å²) in [6, 6.07) is 9.63. The molecule has 198 valence electrons. The molecule has 0 atom stereocenters. The van der Waals surface area contributed by atoms with E-state index in [2.05, 4.69) is 5.32 Å². The SMILES string of the molecule is CCCOc1ccc(/C=C2\C(=O)NC(=O)N(Cc3ccc(OCCC)c(OCC)c3)C2=O)cc1OCC. The fourth-order valence-corrected chi connectivity index (χ4v) is 3.65. The number of imide groups is 2. The number of hydrogen-bond donors (Lipinski definition) is 1. The highest BCUT2D eigenvalue weighted by atomic mass is 16.5. The molecule has 0 radical (unpaired) electrons. The number of benzene rings is 2. The first-order valence-corrected chi connectivity index (χ1v) is 12.6. The van der Waals surface area contributed by atoms with Crippen LogP contribution in [0, 0.1) is 0 Å². The van der Waals surface area contributed by atoms with Crippen LogP contribution in [0.2, 0.25) is 0 Å². The highest BCUT2D eigenvalue weighted by Gasteiger charge is 2.36. The van der Waals surface area contributed by atoms with Crippen molar-refractivity contribution in [2.45, 2.75) is 47.1 Å². The molecule has 1 heterocycles. The number of barbiturate groups is 1. The van der Waals surface area contributed by atoms with Gasteiger partial charge in [0.1, 0.15) is 5.57 Å². The van der Waals surface area contributed by atoms with Gasteiger partial charge in [0.15, 0.2) is 23.0 Å². The first kappa shape index (κ1) is 27.6. The van der Waals surface area contributed by atoms with Crippen LogP contribution in [0.1, 0.15) is 51.7 Å². The van der Waals surface area contributed by atoms with Crippen molar-refractivity contribution in [2.75, 3.05) is 26.4 Å². The van der Waals surface area contributed by atoms with Crippen LogP contribution in [0.5, 0.6) is 23.0 Å². The van der Waals surface area contributed by atoms with E-state index >= 15 is 0 Å². The third-order valence-corrected chi connectivity index (χ3v) is 5.34. The van der Waals surface area contributed by atoms with E-state index < -0.39 is 17.8 Å². The number of hydrogen-bond acceptors (Lipinski definition) is 7. The van der Waals surface area contributed by atoms with Crippen molar-refractivity contribution >= 4 is 23.9 Å². The van der Waals surface area contributed by atoms with E-state index in [9.17, 15) is 14.4 Å². The van der Waals surface area contributed by atoms with Gasteiger partial charge in [-0.1, -0.05) is 26.0 Å². The van der Waals surface area contributed by atoms with Crippen LogP contribution in [0.25, 0.3) is 6.08 Å². The van der Waals surface area contributed by atoms with Gasteiger partial charge in [-0.3, -0.25) is 19.8 Å². The predicted molar refractivity (Wildman–Crippen MR) is 139 cm³/mol. The third-order valence-electron chi connectivity index (χ3n) is 5.34.